The second-order valence-corrected chi connectivity index (χ2v) is 10.8. The smallest absolute Gasteiger partial charge is 0.292 e. The van der Waals surface area contributed by atoms with Gasteiger partial charge in [-0.25, -0.2) is 0 Å². The summed E-state index contributed by atoms with van der Waals surface area (Å²) in [7, 11) is 8.65. The molecule has 2 unspecified atom stereocenters. The van der Waals surface area contributed by atoms with Gasteiger partial charge in [0.2, 0.25) is 0 Å². The lowest BCUT2D eigenvalue weighted by Gasteiger charge is -2.31. The van der Waals surface area contributed by atoms with E-state index < -0.39 is 24.2 Å². The lowest BCUT2D eigenvalue weighted by molar-refractivity contribution is -0.356. The summed E-state index contributed by atoms with van der Waals surface area (Å²) in [4.78, 5) is 3.28. The molecule has 0 radical (unpaired) electrons. The van der Waals surface area contributed by atoms with Crippen LogP contribution < -0.4 is 0 Å². The molecule has 12 nitrogen and oxygen atoms in total. The molecule has 0 amide bonds. The van der Waals surface area contributed by atoms with E-state index in [0.29, 0.717) is 22.6 Å². The Bertz CT molecular complexity index is 1410. The number of likely N-dealkylation sites (N-methyl/N-ethyl adjacent to an activating group) is 2. The number of ether oxygens (including phenoxy) is 2. The Hall–Kier alpha value is -3.46. The molecule has 2 atom stereocenters. The van der Waals surface area contributed by atoms with Crippen LogP contribution in [-0.2, 0) is 30.1 Å². The van der Waals surface area contributed by atoms with Crippen molar-refractivity contribution in [3.63, 3.8) is 0 Å². The minimum atomic E-state index is -2.51. The third-order valence-corrected chi connectivity index (χ3v) is 6.61. The van der Waals surface area contributed by atoms with E-state index in [1.165, 1.54) is 0 Å². The fraction of sp³-hybridized carbons (Fsp3) is 0.400. The van der Waals surface area contributed by atoms with Gasteiger partial charge in [0.15, 0.2) is 0 Å². The molecule has 42 heavy (non-hydrogen) atoms. The maximum absolute atomic E-state index is 10.9. The SMILES string of the molecule is CN(C)CC(O)(O)OC(c1ccccc1)c1cc(CN(C)CC(O)(O)OC(c2ccccc2)c2ccnn2C)nn1C. The molecule has 0 saturated carbocycles. The van der Waals surface area contributed by atoms with Crippen LogP contribution in [0.5, 0.6) is 0 Å². The molecule has 0 bridgehead atoms. The van der Waals surface area contributed by atoms with Crippen molar-refractivity contribution < 1.29 is 29.9 Å². The van der Waals surface area contributed by atoms with Crippen molar-refractivity contribution >= 4 is 0 Å². The zero-order chi connectivity index (χ0) is 30.5. The highest BCUT2D eigenvalue weighted by Crippen LogP contribution is 2.31. The molecule has 4 N–H and O–H groups in total. The fourth-order valence-corrected chi connectivity index (χ4v) is 4.91. The van der Waals surface area contributed by atoms with Crippen molar-refractivity contribution in [1.82, 2.24) is 29.4 Å². The van der Waals surface area contributed by atoms with Crippen LogP contribution in [0, 0.1) is 0 Å². The second kappa shape index (κ2) is 13.2. The minimum absolute atomic E-state index is 0.137. The summed E-state index contributed by atoms with van der Waals surface area (Å²) in [5.74, 6) is -4.93. The first-order valence-electron chi connectivity index (χ1n) is 13.5. The van der Waals surface area contributed by atoms with Crippen LogP contribution in [-0.4, -0.2) is 96.0 Å². The van der Waals surface area contributed by atoms with Gasteiger partial charge >= 0.3 is 0 Å². The number of hydrogen-bond acceptors (Lipinski definition) is 10. The van der Waals surface area contributed by atoms with Gasteiger partial charge in [-0.1, -0.05) is 60.7 Å². The number of hydrogen-bond donors (Lipinski definition) is 4. The number of aliphatic hydroxyl groups is 4. The maximum Gasteiger partial charge on any atom is 0.292 e. The quantitative estimate of drug-likeness (QED) is 0.162. The Morgan fingerprint density at radius 1 is 0.738 bits per heavy atom. The standard InChI is InChI=1S/C30H40N6O6/c1-33(2)20-29(37,38)42-28(23-14-10-7-11-15-23)26-18-24(32-36(26)5)19-34(3)21-30(39,40)41-27(22-12-8-6-9-13-22)25-16-17-31-35(25)4/h6-18,27-28,37-40H,19-21H2,1-5H3. The topological polar surface area (TPSA) is 142 Å². The van der Waals surface area contributed by atoms with Gasteiger partial charge < -0.3 is 34.8 Å². The highest BCUT2D eigenvalue weighted by atomic mass is 16.8. The Labute approximate surface area is 245 Å². The van der Waals surface area contributed by atoms with Crippen LogP contribution in [0.25, 0.3) is 0 Å². The van der Waals surface area contributed by atoms with Crippen molar-refractivity contribution in [2.45, 2.75) is 30.7 Å². The van der Waals surface area contributed by atoms with Crippen LogP contribution in [0.2, 0.25) is 0 Å². The molecular formula is C30H40N6O6. The first-order valence-corrected chi connectivity index (χ1v) is 13.5. The summed E-state index contributed by atoms with van der Waals surface area (Å²) in [6.07, 6.45) is 0.0218. The van der Waals surface area contributed by atoms with E-state index in [1.807, 2.05) is 60.7 Å². The molecular weight excluding hydrogens is 540 g/mol. The molecule has 12 heteroatoms. The molecule has 0 aliphatic heterocycles. The molecule has 2 aromatic carbocycles. The lowest BCUT2D eigenvalue weighted by atomic mass is 10.1. The van der Waals surface area contributed by atoms with Gasteiger partial charge in [0.05, 0.1) is 30.2 Å². The number of aromatic nitrogens is 4. The average molecular weight is 581 g/mol. The van der Waals surface area contributed by atoms with Crippen LogP contribution in [0.1, 0.15) is 40.4 Å². The van der Waals surface area contributed by atoms with Crippen LogP contribution in [0.3, 0.4) is 0 Å². The van der Waals surface area contributed by atoms with Crippen LogP contribution >= 0.6 is 0 Å². The first kappa shape index (κ1) is 31.5. The summed E-state index contributed by atoms with van der Waals surface area (Å²) in [5, 5.41) is 51.8. The van der Waals surface area contributed by atoms with Crippen molar-refractivity contribution in [2.75, 3.05) is 34.2 Å². The molecule has 4 rings (SSSR count). The molecule has 0 saturated heterocycles. The number of nitrogens with zero attached hydrogens (tertiary/aromatic N) is 6. The highest BCUT2D eigenvalue weighted by molar-refractivity contribution is 5.28. The van der Waals surface area contributed by atoms with Gasteiger partial charge in [0, 0.05) is 26.8 Å². The van der Waals surface area contributed by atoms with E-state index in [-0.39, 0.29) is 19.6 Å². The zero-order valence-electron chi connectivity index (χ0n) is 24.6. The molecule has 2 heterocycles. The minimum Gasteiger partial charge on any atom is -0.342 e. The third-order valence-electron chi connectivity index (χ3n) is 6.61. The van der Waals surface area contributed by atoms with E-state index in [9.17, 15) is 20.4 Å². The Kier molecular flexibility index (Phi) is 9.92. The van der Waals surface area contributed by atoms with E-state index in [0.717, 1.165) is 5.56 Å². The Morgan fingerprint density at radius 2 is 1.26 bits per heavy atom. The maximum atomic E-state index is 10.9. The largest absolute Gasteiger partial charge is 0.342 e. The number of benzene rings is 2. The summed E-state index contributed by atoms with van der Waals surface area (Å²) < 4.78 is 14.9. The van der Waals surface area contributed by atoms with Crippen molar-refractivity contribution in [2.24, 2.45) is 14.1 Å². The first-order chi connectivity index (χ1) is 19.8. The van der Waals surface area contributed by atoms with Gasteiger partial charge in [0.25, 0.3) is 11.9 Å². The predicted molar refractivity (Wildman–Crippen MR) is 154 cm³/mol. The number of rotatable bonds is 14. The molecule has 0 aliphatic carbocycles. The summed E-state index contributed by atoms with van der Waals surface area (Å²) in [6.45, 7) is -0.149. The molecule has 226 valence electrons. The predicted octanol–water partition coefficient (Wildman–Crippen LogP) is 1.34. The van der Waals surface area contributed by atoms with Gasteiger partial charge in [-0.2, -0.15) is 10.2 Å². The number of aryl methyl sites for hydroxylation is 2. The van der Waals surface area contributed by atoms with Gasteiger partial charge in [-0.3, -0.25) is 14.3 Å². The normalized spacial score (nSPS) is 14.1. The van der Waals surface area contributed by atoms with Crippen molar-refractivity contribution in [3.05, 3.63) is 107 Å². The summed E-state index contributed by atoms with van der Waals surface area (Å²) in [6, 6.07) is 22.1. The van der Waals surface area contributed by atoms with Crippen LogP contribution in [0.4, 0.5) is 0 Å². The lowest BCUT2D eigenvalue weighted by Crippen LogP contribution is -2.44. The van der Waals surface area contributed by atoms with E-state index >= 15 is 0 Å². The van der Waals surface area contributed by atoms with Crippen molar-refractivity contribution in [3.8, 4) is 0 Å². The van der Waals surface area contributed by atoms with E-state index in [4.69, 9.17) is 9.47 Å². The highest BCUT2D eigenvalue weighted by Gasteiger charge is 2.35. The average Bonchev–Trinajstić information content (AvgIpc) is 3.50. The summed E-state index contributed by atoms with van der Waals surface area (Å²) in [5.41, 5.74) is 3.32. The van der Waals surface area contributed by atoms with E-state index in [2.05, 4.69) is 10.2 Å². The molecule has 0 aliphatic rings. The monoisotopic (exact) mass is 580 g/mol. The summed E-state index contributed by atoms with van der Waals surface area (Å²) >= 11 is 0. The second-order valence-electron chi connectivity index (χ2n) is 10.8. The Morgan fingerprint density at radius 3 is 1.76 bits per heavy atom. The fourth-order valence-electron chi connectivity index (χ4n) is 4.91. The van der Waals surface area contributed by atoms with Gasteiger partial charge in [-0.15, -0.1) is 0 Å². The van der Waals surface area contributed by atoms with Gasteiger partial charge in [0.1, 0.15) is 12.2 Å². The zero-order valence-corrected chi connectivity index (χ0v) is 24.6. The van der Waals surface area contributed by atoms with Crippen molar-refractivity contribution in [1.29, 1.82) is 0 Å². The van der Waals surface area contributed by atoms with Gasteiger partial charge in [-0.05, 0) is 44.4 Å². The van der Waals surface area contributed by atoms with E-state index in [1.54, 1.807) is 72.7 Å². The third kappa shape index (κ3) is 8.31. The molecule has 0 fully saturated rings. The molecule has 0 spiro atoms. The Balaban J connectivity index is 1.51. The molecule has 4 aromatic rings. The molecule has 2 aromatic heterocycles. The van der Waals surface area contributed by atoms with Crippen LogP contribution in [0.15, 0.2) is 79.0 Å².